The molecule has 1 fully saturated rings. The molecule has 0 aliphatic heterocycles. The number of hydroxylamine groups is 2. The first-order chi connectivity index (χ1) is 7.68. The summed E-state index contributed by atoms with van der Waals surface area (Å²) in [6, 6.07) is 9.26. The van der Waals surface area contributed by atoms with Crippen molar-refractivity contribution in [1.29, 1.82) is 0 Å². The number of nitrogens with zero attached hydrogens (tertiary/aromatic N) is 1. The third-order valence-electron chi connectivity index (χ3n) is 3.25. The third-order valence-corrected chi connectivity index (χ3v) is 3.25. The van der Waals surface area contributed by atoms with Gasteiger partial charge in [0.2, 0.25) is 0 Å². The van der Waals surface area contributed by atoms with Gasteiger partial charge in [-0.15, -0.1) is 0 Å². The lowest BCUT2D eigenvalue weighted by molar-refractivity contribution is -0.0730. The summed E-state index contributed by atoms with van der Waals surface area (Å²) in [4.78, 5) is 10.8. The molecule has 2 atom stereocenters. The van der Waals surface area contributed by atoms with Crippen LogP contribution in [0.15, 0.2) is 30.3 Å². The van der Waals surface area contributed by atoms with Gasteiger partial charge in [0.1, 0.15) is 0 Å². The van der Waals surface area contributed by atoms with E-state index in [0.29, 0.717) is 11.0 Å². The minimum absolute atomic E-state index is 0.136. The molecule has 1 saturated carbocycles. The Hall–Kier alpha value is -1.55. The molecule has 4 nitrogen and oxygen atoms in total. The molecular weight excluding hydrogens is 204 g/mol. The van der Waals surface area contributed by atoms with Gasteiger partial charge < -0.3 is 5.73 Å². The van der Waals surface area contributed by atoms with E-state index in [2.05, 4.69) is 12.1 Å². The molecule has 0 unspecified atom stereocenters. The number of carbonyl (C=O) groups excluding carboxylic acids is 1. The number of hydrogen-bond donors (Lipinski definition) is 2. The topological polar surface area (TPSA) is 66.6 Å². The number of nitrogens with two attached hydrogens (primary N) is 1. The summed E-state index contributed by atoms with van der Waals surface area (Å²) in [5, 5.41) is 10.1. The smallest absolute Gasteiger partial charge is 0.338 e. The average Bonchev–Trinajstić information content (AvgIpc) is 2.78. The normalized spacial score (nSPS) is 24.3. The van der Waals surface area contributed by atoms with Gasteiger partial charge in [-0.05, 0) is 30.7 Å². The molecular formula is C12H16N2O2. The van der Waals surface area contributed by atoms with E-state index >= 15 is 0 Å². The van der Waals surface area contributed by atoms with Crippen molar-refractivity contribution in [3.05, 3.63) is 35.9 Å². The van der Waals surface area contributed by atoms with E-state index < -0.39 is 6.03 Å². The molecule has 0 saturated heterocycles. The zero-order valence-corrected chi connectivity index (χ0v) is 9.04. The summed E-state index contributed by atoms with van der Waals surface area (Å²) >= 11 is 0. The number of benzene rings is 1. The van der Waals surface area contributed by atoms with E-state index in [1.807, 2.05) is 18.2 Å². The molecule has 1 aliphatic carbocycles. The standard InChI is InChI=1S/C12H16N2O2/c13-12(15)14(16)11-7-6-10(8-11)9-4-2-1-3-5-9/h1-5,10-11,16H,6-8H2,(H2,13,15)/t10-,11-/m1/s1. The highest BCUT2D eigenvalue weighted by molar-refractivity contribution is 5.70. The minimum atomic E-state index is -0.765. The van der Waals surface area contributed by atoms with Crippen molar-refractivity contribution in [3.8, 4) is 0 Å². The van der Waals surface area contributed by atoms with Crippen molar-refractivity contribution >= 4 is 6.03 Å². The molecule has 1 aromatic rings. The van der Waals surface area contributed by atoms with Gasteiger partial charge in [-0.25, -0.2) is 9.86 Å². The lowest BCUT2D eigenvalue weighted by atomic mass is 9.98. The van der Waals surface area contributed by atoms with Crippen LogP contribution in [-0.2, 0) is 0 Å². The highest BCUT2D eigenvalue weighted by Crippen LogP contribution is 2.36. The Labute approximate surface area is 94.6 Å². The van der Waals surface area contributed by atoms with Crippen LogP contribution in [0.4, 0.5) is 4.79 Å². The van der Waals surface area contributed by atoms with Crippen LogP contribution >= 0.6 is 0 Å². The second kappa shape index (κ2) is 4.53. The van der Waals surface area contributed by atoms with Crippen molar-refractivity contribution in [3.63, 3.8) is 0 Å². The first kappa shape index (κ1) is 11.0. The number of urea groups is 1. The molecule has 1 aromatic carbocycles. The zero-order chi connectivity index (χ0) is 11.5. The number of hydrogen-bond acceptors (Lipinski definition) is 2. The van der Waals surface area contributed by atoms with E-state index in [1.54, 1.807) is 0 Å². The zero-order valence-electron chi connectivity index (χ0n) is 9.04. The lowest BCUT2D eigenvalue weighted by Crippen LogP contribution is -2.39. The van der Waals surface area contributed by atoms with Crippen LogP contribution in [0, 0.1) is 0 Å². The monoisotopic (exact) mass is 220 g/mol. The van der Waals surface area contributed by atoms with Crippen molar-refractivity contribution in [2.45, 2.75) is 31.2 Å². The van der Waals surface area contributed by atoms with Crippen molar-refractivity contribution < 1.29 is 10.0 Å². The average molecular weight is 220 g/mol. The molecule has 3 N–H and O–H groups in total. The highest BCUT2D eigenvalue weighted by Gasteiger charge is 2.31. The van der Waals surface area contributed by atoms with Crippen LogP contribution in [0.2, 0.25) is 0 Å². The van der Waals surface area contributed by atoms with E-state index in [-0.39, 0.29) is 6.04 Å². The fraction of sp³-hybridized carbons (Fsp3) is 0.417. The molecule has 0 aromatic heterocycles. The Morgan fingerprint density at radius 3 is 2.62 bits per heavy atom. The quantitative estimate of drug-likeness (QED) is 0.592. The molecule has 0 radical (unpaired) electrons. The Morgan fingerprint density at radius 2 is 2.00 bits per heavy atom. The highest BCUT2D eigenvalue weighted by atomic mass is 16.5. The van der Waals surface area contributed by atoms with E-state index in [9.17, 15) is 10.0 Å². The predicted octanol–water partition coefficient (Wildman–Crippen LogP) is 2.09. The van der Waals surface area contributed by atoms with Crippen molar-refractivity contribution in [2.24, 2.45) is 5.73 Å². The summed E-state index contributed by atoms with van der Waals surface area (Å²) in [5.74, 6) is 0.417. The second-order valence-corrected chi connectivity index (χ2v) is 4.26. The maximum atomic E-state index is 10.8. The largest absolute Gasteiger partial charge is 0.350 e. The summed E-state index contributed by atoms with van der Waals surface area (Å²) in [7, 11) is 0. The summed E-state index contributed by atoms with van der Waals surface area (Å²) in [6.45, 7) is 0. The molecule has 1 aliphatic rings. The van der Waals surface area contributed by atoms with E-state index in [4.69, 9.17) is 5.73 Å². The Balaban J connectivity index is 2.01. The van der Waals surface area contributed by atoms with Crippen LogP contribution < -0.4 is 5.73 Å². The number of amides is 2. The molecule has 16 heavy (non-hydrogen) atoms. The van der Waals surface area contributed by atoms with Gasteiger partial charge in [0, 0.05) is 0 Å². The molecule has 0 bridgehead atoms. The van der Waals surface area contributed by atoms with Gasteiger partial charge in [-0.1, -0.05) is 30.3 Å². The van der Waals surface area contributed by atoms with Gasteiger partial charge in [0.15, 0.2) is 0 Å². The molecule has 4 heteroatoms. The number of carbonyl (C=O) groups is 1. The SMILES string of the molecule is NC(=O)N(O)[C@@H]1CC[C@@H](c2ccccc2)C1. The van der Waals surface area contributed by atoms with E-state index in [0.717, 1.165) is 19.3 Å². The van der Waals surface area contributed by atoms with E-state index in [1.165, 1.54) is 5.56 Å². The van der Waals surface area contributed by atoms with Crippen molar-refractivity contribution in [2.75, 3.05) is 0 Å². The van der Waals surface area contributed by atoms with Crippen LogP contribution in [0.1, 0.15) is 30.7 Å². The van der Waals surface area contributed by atoms with Crippen LogP contribution in [-0.4, -0.2) is 22.3 Å². The van der Waals surface area contributed by atoms with Gasteiger partial charge in [0.25, 0.3) is 0 Å². The summed E-state index contributed by atoms with van der Waals surface area (Å²) in [6.07, 6.45) is 2.57. The fourth-order valence-electron chi connectivity index (χ4n) is 2.39. The first-order valence-corrected chi connectivity index (χ1v) is 5.51. The van der Waals surface area contributed by atoms with Crippen LogP contribution in [0.25, 0.3) is 0 Å². The second-order valence-electron chi connectivity index (χ2n) is 4.26. The van der Waals surface area contributed by atoms with Crippen LogP contribution in [0.3, 0.4) is 0 Å². The van der Waals surface area contributed by atoms with Gasteiger partial charge >= 0.3 is 6.03 Å². The van der Waals surface area contributed by atoms with Gasteiger partial charge in [-0.3, -0.25) is 5.21 Å². The molecule has 0 spiro atoms. The van der Waals surface area contributed by atoms with Gasteiger partial charge in [-0.2, -0.15) is 0 Å². The molecule has 2 amide bonds. The Kier molecular flexibility index (Phi) is 3.10. The maximum Gasteiger partial charge on any atom is 0.338 e. The fourth-order valence-corrected chi connectivity index (χ4v) is 2.39. The minimum Gasteiger partial charge on any atom is -0.350 e. The number of rotatable bonds is 2. The maximum absolute atomic E-state index is 10.8. The Bertz CT molecular complexity index is 367. The van der Waals surface area contributed by atoms with Crippen LogP contribution in [0.5, 0.6) is 0 Å². The summed E-state index contributed by atoms with van der Waals surface area (Å²) < 4.78 is 0. The number of primary amides is 1. The molecule has 86 valence electrons. The van der Waals surface area contributed by atoms with Gasteiger partial charge in [0.05, 0.1) is 6.04 Å². The third kappa shape index (κ3) is 2.17. The van der Waals surface area contributed by atoms with Crippen molar-refractivity contribution in [1.82, 2.24) is 5.06 Å². The Morgan fingerprint density at radius 1 is 1.31 bits per heavy atom. The molecule has 0 heterocycles. The first-order valence-electron chi connectivity index (χ1n) is 5.51. The summed E-state index contributed by atoms with van der Waals surface area (Å²) in [5.41, 5.74) is 6.30. The predicted molar refractivity (Wildman–Crippen MR) is 60.0 cm³/mol. The lowest BCUT2D eigenvalue weighted by Gasteiger charge is -2.19. The molecule has 2 rings (SSSR count).